The van der Waals surface area contributed by atoms with Gasteiger partial charge in [-0.2, -0.15) is 18.3 Å². The van der Waals surface area contributed by atoms with Crippen LogP contribution in [0.2, 0.25) is 5.02 Å². The first-order valence-electron chi connectivity index (χ1n) is 7.63. The topological polar surface area (TPSA) is 46.9 Å². The van der Waals surface area contributed by atoms with Gasteiger partial charge in [-0.25, -0.2) is 4.39 Å². The molecule has 0 saturated carbocycles. The maximum Gasteiger partial charge on any atom is 0.435 e. The highest BCUT2D eigenvalue weighted by Gasteiger charge is 2.39. The summed E-state index contributed by atoms with van der Waals surface area (Å²) < 4.78 is 54.4. The van der Waals surface area contributed by atoms with Gasteiger partial charge in [-0.1, -0.05) is 29.8 Å². The monoisotopic (exact) mass is 397 g/mol. The summed E-state index contributed by atoms with van der Waals surface area (Å²) >= 11 is 5.75. The van der Waals surface area contributed by atoms with Crippen LogP contribution in [0.3, 0.4) is 0 Å². The summed E-state index contributed by atoms with van der Waals surface area (Å²) in [7, 11) is 1.28. The number of amides is 1. The molecule has 0 aliphatic rings. The zero-order chi connectivity index (χ0) is 19.8. The molecule has 1 amide bonds. The SMILES string of the molecule is Cn1cc(C(=O)Nc2ccccc2-c2ccc(Cl)cc2F)c(C(F)(F)F)n1. The molecule has 1 heterocycles. The Morgan fingerprint density at radius 1 is 1.15 bits per heavy atom. The average Bonchev–Trinajstić information content (AvgIpc) is 2.98. The van der Waals surface area contributed by atoms with Crippen LogP contribution in [0.1, 0.15) is 16.1 Å². The minimum atomic E-state index is -4.78. The lowest BCUT2D eigenvalue weighted by Gasteiger charge is -2.12. The van der Waals surface area contributed by atoms with Crippen LogP contribution in [0, 0.1) is 5.82 Å². The zero-order valence-electron chi connectivity index (χ0n) is 13.8. The van der Waals surface area contributed by atoms with Crippen molar-refractivity contribution in [3.63, 3.8) is 0 Å². The third kappa shape index (κ3) is 3.95. The second kappa shape index (κ2) is 7.03. The van der Waals surface area contributed by atoms with Crippen molar-refractivity contribution in [3.8, 4) is 11.1 Å². The fraction of sp³-hybridized carbons (Fsp3) is 0.111. The lowest BCUT2D eigenvalue weighted by atomic mass is 10.0. The number of nitrogens with one attached hydrogen (secondary N) is 1. The van der Waals surface area contributed by atoms with E-state index in [1.54, 1.807) is 12.1 Å². The van der Waals surface area contributed by atoms with Gasteiger partial charge in [0.15, 0.2) is 5.69 Å². The molecule has 0 aliphatic carbocycles. The molecule has 9 heteroatoms. The number of aromatic nitrogens is 2. The number of anilines is 1. The van der Waals surface area contributed by atoms with Crippen LogP contribution in [0.4, 0.5) is 23.2 Å². The summed E-state index contributed by atoms with van der Waals surface area (Å²) in [6.07, 6.45) is -3.81. The zero-order valence-corrected chi connectivity index (χ0v) is 14.6. The fourth-order valence-electron chi connectivity index (χ4n) is 2.59. The van der Waals surface area contributed by atoms with Crippen molar-refractivity contribution in [2.75, 3.05) is 5.32 Å². The molecule has 0 saturated heterocycles. The quantitative estimate of drug-likeness (QED) is 0.621. The Labute approximate surface area is 156 Å². The lowest BCUT2D eigenvalue weighted by Crippen LogP contribution is -2.18. The number of hydrogen-bond acceptors (Lipinski definition) is 2. The Balaban J connectivity index is 2.00. The van der Waals surface area contributed by atoms with Gasteiger partial charge in [-0.3, -0.25) is 9.48 Å². The fourth-order valence-corrected chi connectivity index (χ4v) is 2.75. The van der Waals surface area contributed by atoms with Crippen molar-refractivity contribution in [3.05, 3.63) is 70.8 Å². The Morgan fingerprint density at radius 3 is 2.52 bits per heavy atom. The van der Waals surface area contributed by atoms with Gasteiger partial charge in [0.05, 0.1) is 5.56 Å². The third-order valence-electron chi connectivity index (χ3n) is 3.74. The van der Waals surface area contributed by atoms with Gasteiger partial charge in [0.1, 0.15) is 5.82 Å². The number of benzene rings is 2. The van der Waals surface area contributed by atoms with Crippen LogP contribution in [0.15, 0.2) is 48.7 Å². The molecule has 2 aromatic carbocycles. The number of halogens is 5. The minimum absolute atomic E-state index is 0.150. The molecule has 0 spiro atoms. The third-order valence-corrected chi connectivity index (χ3v) is 3.97. The van der Waals surface area contributed by atoms with Gasteiger partial charge in [-0.05, 0) is 24.3 Å². The van der Waals surface area contributed by atoms with E-state index in [0.29, 0.717) is 5.56 Å². The number of carbonyl (C=O) groups is 1. The second-order valence-electron chi connectivity index (χ2n) is 5.69. The van der Waals surface area contributed by atoms with E-state index in [0.717, 1.165) is 16.9 Å². The number of para-hydroxylation sites is 1. The first-order chi connectivity index (χ1) is 12.7. The Bertz CT molecular complexity index is 1010. The van der Waals surface area contributed by atoms with E-state index >= 15 is 0 Å². The van der Waals surface area contributed by atoms with Crippen molar-refractivity contribution in [1.29, 1.82) is 0 Å². The largest absolute Gasteiger partial charge is 0.435 e. The van der Waals surface area contributed by atoms with E-state index in [4.69, 9.17) is 11.6 Å². The minimum Gasteiger partial charge on any atom is -0.321 e. The first kappa shape index (κ1) is 18.9. The van der Waals surface area contributed by atoms with Crippen LogP contribution >= 0.6 is 11.6 Å². The summed E-state index contributed by atoms with van der Waals surface area (Å²) in [6, 6.07) is 10.2. The van der Waals surface area contributed by atoms with Crippen molar-refractivity contribution >= 4 is 23.2 Å². The van der Waals surface area contributed by atoms with Crippen LogP contribution < -0.4 is 5.32 Å². The lowest BCUT2D eigenvalue weighted by molar-refractivity contribution is -0.141. The number of alkyl halides is 3. The maximum atomic E-state index is 14.2. The summed E-state index contributed by atoms with van der Waals surface area (Å²) in [5.41, 5.74) is -1.32. The van der Waals surface area contributed by atoms with Crippen LogP contribution in [0.5, 0.6) is 0 Å². The van der Waals surface area contributed by atoms with Crippen LogP contribution in [-0.2, 0) is 13.2 Å². The van der Waals surface area contributed by atoms with E-state index in [1.165, 1.54) is 31.3 Å². The molecule has 0 atom stereocenters. The molecule has 0 bridgehead atoms. The molecule has 3 aromatic rings. The number of carbonyl (C=O) groups excluding carboxylic acids is 1. The molecule has 0 fully saturated rings. The molecule has 4 nitrogen and oxygen atoms in total. The van der Waals surface area contributed by atoms with Crippen LogP contribution in [-0.4, -0.2) is 15.7 Å². The van der Waals surface area contributed by atoms with Crippen molar-refractivity contribution in [1.82, 2.24) is 9.78 Å². The highest BCUT2D eigenvalue weighted by atomic mass is 35.5. The molecule has 0 unspecified atom stereocenters. The molecule has 0 radical (unpaired) electrons. The molecule has 140 valence electrons. The second-order valence-corrected chi connectivity index (χ2v) is 6.12. The molecule has 3 rings (SSSR count). The van der Waals surface area contributed by atoms with Crippen LogP contribution in [0.25, 0.3) is 11.1 Å². The van der Waals surface area contributed by atoms with E-state index in [9.17, 15) is 22.4 Å². The molecular formula is C18H12ClF4N3O. The highest BCUT2D eigenvalue weighted by molar-refractivity contribution is 6.30. The predicted molar refractivity (Wildman–Crippen MR) is 93.0 cm³/mol. The average molecular weight is 398 g/mol. The van der Waals surface area contributed by atoms with Gasteiger partial charge in [0.25, 0.3) is 5.91 Å². The van der Waals surface area contributed by atoms with E-state index in [1.807, 2.05) is 0 Å². The maximum absolute atomic E-state index is 14.2. The van der Waals surface area contributed by atoms with Gasteiger partial charge in [0, 0.05) is 35.1 Å². The number of aryl methyl sites for hydroxylation is 1. The van der Waals surface area contributed by atoms with Crippen molar-refractivity contribution in [2.24, 2.45) is 7.05 Å². The Kier molecular flexibility index (Phi) is 4.93. The number of hydrogen-bond donors (Lipinski definition) is 1. The summed E-state index contributed by atoms with van der Waals surface area (Å²) in [5.74, 6) is -1.63. The van der Waals surface area contributed by atoms with Gasteiger partial charge in [0.2, 0.25) is 0 Å². The molecule has 1 N–H and O–H groups in total. The Morgan fingerprint density at radius 2 is 1.85 bits per heavy atom. The smallest absolute Gasteiger partial charge is 0.321 e. The first-order valence-corrected chi connectivity index (χ1v) is 8.01. The predicted octanol–water partition coefficient (Wildman–Crippen LogP) is 5.15. The summed E-state index contributed by atoms with van der Waals surface area (Å²) in [4.78, 5) is 12.4. The van der Waals surface area contributed by atoms with E-state index in [2.05, 4.69) is 10.4 Å². The number of rotatable bonds is 3. The van der Waals surface area contributed by atoms with E-state index in [-0.39, 0.29) is 16.3 Å². The molecule has 0 aliphatic heterocycles. The van der Waals surface area contributed by atoms with Crippen molar-refractivity contribution in [2.45, 2.75) is 6.18 Å². The standard InChI is InChI=1S/C18H12ClF4N3O/c1-26-9-13(16(25-26)18(21,22)23)17(27)24-15-5-3-2-4-12(15)11-7-6-10(19)8-14(11)20/h2-9H,1H3,(H,24,27). The number of nitrogens with zero attached hydrogens (tertiary/aromatic N) is 2. The van der Waals surface area contributed by atoms with Gasteiger partial charge in [-0.15, -0.1) is 0 Å². The summed E-state index contributed by atoms with van der Waals surface area (Å²) in [5, 5.41) is 5.90. The summed E-state index contributed by atoms with van der Waals surface area (Å²) in [6.45, 7) is 0. The molecule has 27 heavy (non-hydrogen) atoms. The Hall–Kier alpha value is -2.87. The van der Waals surface area contributed by atoms with Gasteiger partial charge >= 0.3 is 6.18 Å². The highest BCUT2D eigenvalue weighted by Crippen LogP contribution is 2.33. The van der Waals surface area contributed by atoms with Gasteiger partial charge < -0.3 is 5.32 Å². The molecule has 1 aromatic heterocycles. The molecular weight excluding hydrogens is 386 g/mol. The normalized spacial score (nSPS) is 11.5. The van der Waals surface area contributed by atoms with E-state index < -0.39 is 29.2 Å². The van der Waals surface area contributed by atoms with Crippen molar-refractivity contribution < 1.29 is 22.4 Å².